The van der Waals surface area contributed by atoms with Crippen molar-refractivity contribution in [1.82, 2.24) is 9.97 Å². The molecule has 0 atom stereocenters. The fourth-order valence-corrected chi connectivity index (χ4v) is 2.13. The first kappa shape index (κ1) is 14.9. The maximum Gasteiger partial charge on any atom is 0.161 e. The minimum absolute atomic E-state index is 0.0719. The van der Waals surface area contributed by atoms with E-state index in [0.717, 1.165) is 16.8 Å². The highest BCUT2D eigenvalue weighted by Gasteiger charge is 2.19. The normalized spacial score (nSPS) is 11.7. The van der Waals surface area contributed by atoms with Crippen molar-refractivity contribution in [2.45, 2.75) is 32.8 Å². The Labute approximate surface area is 125 Å². The van der Waals surface area contributed by atoms with E-state index in [2.05, 4.69) is 30.7 Å². The van der Waals surface area contributed by atoms with E-state index in [0.29, 0.717) is 17.6 Å². The second-order valence-corrected chi connectivity index (χ2v) is 6.13. The van der Waals surface area contributed by atoms with Crippen LogP contribution in [0, 0.1) is 0 Å². The molecule has 0 bridgehead atoms. The summed E-state index contributed by atoms with van der Waals surface area (Å²) in [5, 5.41) is 0.465. The van der Waals surface area contributed by atoms with Gasteiger partial charge in [-0.1, -0.05) is 56.6 Å². The lowest BCUT2D eigenvalue weighted by Crippen LogP contribution is -2.14. The Morgan fingerprint density at radius 2 is 1.85 bits per heavy atom. The van der Waals surface area contributed by atoms with Crippen molar-refractivity contribution >= 4 is 11.6 Å². The molecule has 0 saturated carbocycles. The Hall–Kier alpha value is -1.45. The lowest BCUT2D eigenvalue weighted by Gasteiger charge is -2.19. The van der Waals surface area contributed by atoms with Crippen LogP contribution in [0.2, 0.25) is 5.15 Å². The first-order chi connectivity index (χ1) is 9.41. The first-order valence-electron chi connectivity index (χ1n) is 6.54. The van der Waals surface area contributed by atoms with Crippen LogP contribution in [0.4, 0.5) is 0 Å². The molecule has 4 heteroatoms. The molecular formula is C16H19ClN2O. The number of aromatic nitrogens is 2. The molecule has 3 nitrogen and oxygen atoms in total. The number of methoxy groups -OCH3 is 1. The first-order valence-corrected chi connectivity index (χ1v) is 6.92. The maximum atomic E-state index is 6.15. The largest absolute Gasteiger partial charge is 0.380 e. The van der Waals surface area contributed by atoms with Gasteiger partial charge in [-0.05, 0) is 11.6 Å². The van der Waals surface area contributed by atoms with Gasteiger partial charge in [-0.2, -0.15) is 0 Å². The lowest BCUT2D eigenvalue weighted by molar-refractivity contribution is 0.185. The van der Waals surface area contributed by atoms with Gasteiger partial charge in [-0.3, -0.25) is 0 Å². The zero-order valence-corrected chi connectivity index (χ0v) is 13.0. The molecule has 0 unspecified atom stereocenters. The van der Waals surface area contributed by atoms with Crippen LogP contribution in [0.1, 0.15) is 32.0 Å². The molecule has 2 rings (SSSR count). The van der Waals surface area contributed by atoms with Crippen LogP contribution < -0.4 is 0 Å². The third-order valence-corrected chi connectivity index (χ3v) is 3.22. The summed E-state index contributed by atoms with van der Waals surface area (Å²) in [5.41, 5.74) is 2.87. The molecule has 0 N–H and O–H groups in total. The van der Waals surface area contributed by atoms with Crippen LogP contribution in [0.15, 0.2) is 30.3 Å². The minimum Gasteiger partial charge on any atom is -0.380 e. The van der Waals surface area contributed by atoms with Gasteiger partial charge in [0.2, 0.25) is 0 Å². The van der Waals surface area contributed by atoms with Crippen molar-refractivity contribution in [1.29, 1.82) is 0 Å². The Morgan fingerprint density at radius 3 is 2.50 bits per heavy atom. The molecule has 2 aromatic rings. The van der Waals surface area contributed by atoms with Crippen LogP contribution in [0.25, 0.3) is 11.4 Å². The molecule has 1 aromatic carbocycles. The number of ether oxygens (including phenoxy) is 1. The van der Waals surface area contributed by atoms with Crippen LogP contribution in [-0.2, 0) is 16.8 Å². The molecule has 106 valence electrons. The van der Waals surface area contributed by atoms with Crippen LogP contribution >= 0.6 is 11.6 Å². The van der Waals surface area contributed by atoms with Gasteiger partial charge in [0.1, 0.15) is 5.15 Å². The van der Waals surface area contributed by atoms with E-state index in [1.165, 1.54) is 0 Å². The summed E-state index contributed by atoms with van der Waals surface area (Å²) < 4.78 is 5.23. The van der Waals surface area contributed by atoms with Crippen molar-refractivity contribution in [3.63, 3.8) is 0 Å². The maximum absolute atomic E-state index is 6.15. The third-order valence-electron chi connectivity index (χ3n) is 3.02. The third kappa shape index (κ3) is 3.35. The molecule has 0 aliphatic rings. The molecule has 0 saturated heterocycles. The fraction of sp³-hybridized carbons (Fsp3) is 0.375. The zero-order valence-electron chi connectivity index (χ0n) is 12.3. The minimum atomic E-state index is -0.0719. The molecule has 20 heavy (non-hydrogen) atoms. The van der Waals surface area contributed by atoms with Gasteiger partial charge in [-0.15, -0.1) is 0 Å². The Morgan fingerprint density at radius 1 is 1.15 bits per heavy atom. The molecular weight excluding hydrogens is 272 g/mol. The highest BCUT2D eigenvalue weighted by molar-refractivity contribution is 6.29. The van der Waals surface area contributed by atoms with E-state index in [1.54, 1.807) is 7.11 Å². The quantitative estimate of drug-likeness (QED) is 0.793. The SMILES string of the molecule is COCc1ccccc1-c1nc(Cl)cc(C(C)(C)C)n1. The van der Waals surface area contributed by atoms with E-state index < -0.39 is 0 Å². The smallest absolute Gasteiger partial charge is 0.161 e. The van der Waals surface area contributed by atoms with Crippen molar-refractivity contribution in [2.24, 2.45) is 0 Å². The summed E-state index contributed by atoms with van der Waals surface area (Å²) in [6, 6.07) is 9.78. The van der Waals surface area contributed by atoms with Crippen molar-refractivity contribution in [3.05, 3.63) is 46.7 Å². The van der Waals surface area contributed by atoms with Gasteiger partial charge < -0.3 is 4.74 Å². The molecule has 1 heterocycles. The second-order valence-electron chi connectivity index (χ2n) is 5.74. The van der Waals surface area contributed by atoms with Gasteiger partial charge in [0.15, 0.2) is 5.82 Å². The summed E-state index contributed by atoms with van der Waals surface area (Å²) >= 11 is 6.15. The molecule has 0 aliphatic carbocycles. The predicted molar refractivity (Wildman–Crippen MR) is 81.9 cm³/mol. The van der Waals surface area contributed by atoms with E-state index in [9.17, 15) is 0 Å². The summed E-state index contributed by atoms with van der Waals surface area (Å²) in [5.74, 6) is 0.648. The summed E-state index contributed by atoms with van der Waals surface area (Å²) in [7, 11) is 1.68. The average molecular weight is 291 g/mol. The monoisotopic (exact) mass is 290 g/mol. The Balaban J connectivity index is 2.56. The molecule has 1 aromatic heterocycles. The van der Waals surface area contributed by atoms with Gasteiger partial charge in [0, 0.05) is 18.1 Å². The second kappa shape index (κ2) is 5.90. The van der Waals surface area contributed by atoms with Gasteiger partial charge in [0.05, 0.1) is 12.3 Å². The Bertz CT molecular complexity index is 606. The number of hydrogen-bond donors (Lipinski definition) is 0. The van der Waals surface area contributed by atoms with E-state index in [4.69, 9.17) is 16.3 Å². The molecule has 0 aliphatic heterocycles. The van der Waals surface area contributed by atoms with E-state index in [1.807, 2.05) is 30.3 Å². The summed E-state index contributed by atoms with van der Waals surface area (Å²) in [6.45, 7) is 6.85. The lowest BCUT2D eigenvalue weighted by atomic mass is 9.92. The van der Waals surface area contributed by atoms with Crippen molar-refractivity contribution in [2.75, 3.05) is 7.11 Å². The standard InChI is InChI=1S/C16H19ClN2O/c1-16(2,3)13-9-14(17)19-15(18-13)12-8-6-5-7-11(12)10-20-4/h5-9H,10H2,1-4H3. The molecule has 0 fully saturated rings. The summed E-state index contributed by atoms with van der Waals surface area (Å²) in [4.78, 5) is 9.03. The van der Waals surface area contributed by atoms with Crippen LogP contribution in [0.3, 0.4) is 0 Å². The molecule has 0 radical (unpaired) electrons. The van der Waals surface area contributed by atoms with Gasteiger partial charge in [0.25, 0.3) is 0 Å². The number of hydrogen-bond acceptors (Lipinski definition) is 3. The average Bonchev–Trinajstić information content (AvgIpc) is 2.38. The van der Waals surface area contributed by atoms with E-state index in [-0.39, 0.29) is 5.41 Å². The fourth-order valence-electron chi connectivity index (χ4n) is 1.94. The zero-order chi connectivity index (χ0) is 14.8. The van der Waals surface area contributed by atoms with Gasteiger partial charge in [-0.25, -0.2) is 9.97 Å². The molecule has 0 amide bonds. The highest BCUT2D eigenvalue weighted by atomic mass is 35.5. The number of nitrogens with zero attached hydrogens (tertiary/aromatic N) is 2. The van der Waals surface area contributed by atoms with E-state index >= 15 is 0 Å². The van der Waals surface area contributed by atoms with Gasteiger partial charge >= 0.3 is 0 Å². The summed E-state index contributed by atoms with van der Waals surface area (Å²) in [6.07, 6.45) is 0. The van der Waals surface area contributed by atoms with Crippen LogP contribution in [0.5, 0.6) is 0 Å². The van der Waals surface area contributed by atoms with Crippen LogP contribution in [-0.4, -0.2) is 17.1 Å². The topological polar surface area (TPSA) is 35.0 Å². The van der Waals surface area contributed by atoms with Crippen molar-refractivity contribution < 1.29 is 4.74 Å². The number of benzene rings is 1. The highest BCUT2D eigenvalue weighted by Crippen LogP contribution is 2.27. The van der Waals surface area contributed by atoms with Crippen molar-refractivity contribution in [3.8, 4) is 11.4 Å². The molecule has 0 spiro atoms. The Kier molecular flexibility index (Phi) is 4.41. The number of rotatable bonds is 3. The number of halogens is 1. The predicted octanol–water partition coefficient (Wildman–Crippen LogP) is 4.24.